The van der Waals surface area contributed by atoms with E-state index in [2.05, 4.69) is 0 Å². The molecule has 0 saturated heterocycles. The van der Waals surface area contributed by atoms with Crippen molar-refractivity contribution < 1.29 is 5.48 Å². The van der Waals surface area contributed by atoms with Gasteiger partial charge in [0.15, 0.2) is 0 Å². The Morgan fingerprint density at radius 2 is 1.81 bits per heavy atom. The van der Waals surface area contributed by atoms with Crippen molar-refractivity contribution in [3.05, 3.63) is 59.1 Å². The van der Waals surface area contributed by atoms with Gasteiger partial charge in [-0.15, -0.1) is 0 Å². The van der Waals surface area contributed by atoms with Crippen LogP contribution in [-0.4, -0.2) is 0 Å². The van der Waals surface area contributed by atoms with Crippen LogP contribution in [0.25, 0.3) is 11.1 Å². The van der Waals surface area contributed by atoms with E-state index in [4.69, 9.17) is 5.48 Å². The van der Waals surface area contributed by atoms with E-state index in [0.717, 1.165) is 27.8 Å². The van der Waals surface area contributed by atoms with Crippen LogP contribution in [-0.2, 0) is 5.41 Å². The van der Waals surface area contributed by atoms with Crippen LogP contribution in [0.5, 0.6) is 0 Å². The summed E-state index contributed by atoms with van der Waals surface area (Å²) >= 11 is 0. The van der Waals surface area contributed by atoms with Crippen molar-refractivity contribution in [1.82, 2.24) is 0 Å². The van der Waals surface area contributed by atoms with E-state index < -0.39 is 5.41 Å². The summed E-state index contributed by atoms with van der Waals surface area (Å²) in [6.07, 6.45) is 0. The van der Waals surface area contributed by atoms with Crippen molar-refractivity contribution in [3.8, 4) is 11.1 Å². The third-order valence-electron chi connectivity index (χ3n) is 3.45. The topological polar surface area (TPSA) is 0 Å². The molecule has 0 amide bonds. The minimum absolute atomic E-state index is 0.304. The predicted octanol–water partition coefficient (Wildman–Crippen LogP) is 4.30. The fraction of sp³-hybridized carbons (Fsp3) is 0.250. The molecule has 1 aliphatic carbocycles. The maximum absolute atomic E-state index is 8.22. The van der Waals surface area contributed by atoms with Crippen LogP contribution >= 0.6 is 0 Å². The van der Waals surface area contributed by atoms with E-state index in [9.17, 15) is 0 Å². The molecule has 3 rings (SSSR count). The number of fused-ring (bicyclic) bond motifs is 3. The molecular formula is C16H16. The standard InChI is InChI=1S/C16H16/c1-11-7-6-10-14-15(11)12-8-4-5-9-13(12)16(14,2)3/h4-10H,1-3H3/i4D,7D,9D,10D. The van der Waals surface area contributed by atoms with Gasteiger partial charge in [0.1, 0.15) is 0 Å². The van der Waals surface area contributed by atoms with Gasteiger partial charge in [-0.3, -0.25) is 0 Å². The Morgan fingerprint density at radius 3 is 2.62 bits per heavy atom. The molecule has 0 bridgehead atoms. The summed E-state index contributed by atoms with van der Waals surface area (Å²) in [4.78, 5) is 0. The molecule has 2 aromatic rings. The highest BCUT2D eigenvalue weighted by molar-refractivity contribution is 5.82. The molecule has 16 heavy (non-hydrogen) atoms. The summed E-state index contributed by atoms with van der Waals surface area (Å²) in [6, 6.07) is 6.23. The lowest BCUT2D eigenvalue weighted by Crippen LogP contribution is -2.14. The van der Waals surface area contributed by atoms with Gasteiger partial charge in [-0.05, 0) is 34.7 Å². The zero-order chi connectivity index (χ0) is 14.8. The van der Waals surface area contributed by atoms with Gasteiger partial charge in [-0.25, -0.2) is 0 Å². The zero-order valence-electron chi connectivity index (χ0n) is 13.7. The molecule has 0 radical (unpaired) electrons. The summed E-state index contributed by atoms with van der Waals surface area (Å²) < 4.78 is 32.2. The Morgan fingerprint density at radius 1 is 1.06 bits per heavy atom. The average Bonchev–Trinajstić information content (AvgIpc) is 2.54. The normalized spacial score (nSPS) is 19.2. The summed E-state index contributed by atoms with van der Waals surface area (Å²) in [5, 5.41) is 0. The molecule has 0 atom stereocenters. The second-order valence-electron chi connectivity index (χ2n) is 4.82. The second kappa shape index (κ2) is 2.98. The molecule has 0 fully saturated rings. The molecule has 0 spiro atoms. The molecule has 1 aliphatic rings. The van der Waals surface area contributed by atoms with E-state index in [1.807, 2.05) is 20.8 Å². The Hall–Kier alpha value is -1.56. The van der Waals surface area contributed by atoms with Gasteiger partial charge in [0.05, 0.1) is 5.48 Å². The van der Waals surface area contributed by atoms with Crippen LogP contribution < -0.4 is 0 Å². The molecule has 0 aliphatic heterocycles. The molecule has 0 aromatic heterocycles. The highest BCUT2D eigenvalue weighted by Gasteiger charge is 2.35. The quantitative estimate of drug-likeness (QED) is 0.610. The van der Waals surface area contributed by atoms with E-state index in [1.54, 1.807) is 18.2 Å². The summed E-state index contributed by atoms with van der Waals surface area (Å²) in [6.45, 7) is 5.91. The maximum atomic E-state index is 8.22. The highest BCUT2D eigenvalue weighted by Crippen LogP contribution is 2.49. The fourth-order valence-corrected chi connectivity index (χ4v) is 2.61. The van der Waals surface area contributed by atoms with Crippen LogP contribution in [0.3, 0.4) is 0 Å². The fourth-order valence-electron chi connectivity index (χ4n) is 2.61. The van der Waals surface area contributed by atoms with E-state index in [-0.39, 0.29) is 0 Å². The third-order valence-corrected chi connectivity index (χ3v) is 3.45. The smallest absolute Gasteiger partial charge is 0.0619 e. The van der Waals surface area contributed by atoms with Gasteiger partial charge in [0.2, 0.25) is 0 Å². The van der Waals surface area contributed by atoms with Crippen LogP contribution in [0.1, 0.15) is 36.0 Å². The van der Waals surface area contributed by atoms with Crippen molar-refractivity contribution in [2.45, 2.75) is 26.2 Å². The van der Waals surface area contributed by atoms with Crippen molar-refractivity contribution >= 4 is 0 Å². The first kappa shape index (κ1) is 6.24. The Kier molecular flexibility index (Phi) is 1.16. The predicted molar refractivity (Wildman–Crippen MR) is 68.7 cm³/mol. The SMILES string of the molecule is [2H]c1cc([2H])c2c(c1)-c1c(C)c([2H])cc([2H])c1C2(C)C. The van der Waals surface area contributed by atoms with Gasteiger partial charge >= 0.3 is 0 Å². The van der Waals surface area contributed by atoms with Crippen molar-refractivity contribution in [2.24, 2.45) is 0 Å². The van der Waals surface area contributed by atoms with Crippen molar-refractivity contribution in [2.75, 3.05) is 0 Å². The maximum Gasteiger partial charge on any atom is 0.0626 e. The minimum Gasteiger partial charge on any atom is -0.0619 e. The Labute approximate surface area is 103 Å². The molecule has 2 aromatic carbocycles. The van der Waals surface area contributed by atoms with Crippen LogP contribution in [0.4, 0.5) is 0 Å². The van der Waals surface area contributed by atoms with Gasteiger partial charge in [0.25, 0.3) is 0 Å². The first-order chi connectivity index (χ1) is 9.25. The first-order valence-electron chi connectivity index (χ1n) is 7.48. The minimum atomic E-state index is -0.426. The van der Waals surface area contributed by atoms with Crippen molar-refractivity contribution in [3.63, 3.8) is 0 Å². The van der Waals surface area contributed by atoms with Gasteiger partial charge in [-0.1, -0.05) is 56.2 Å². The second-order valence-corrected chi connectivity index (χ2v) is 4.82. The number of hydrogen-bond acceptors (Lipinski definition) is 0. The van der Waals surface area contributed by atoms with Gasteiger partial charge in [0, 0.05) is 5.41 Å². The summed E-state index contributed by atoms with van der Waals surface area (Å²) in [7, 11) is 0. The molecule has 0 nitrogen and oxygen atoms in total. The van der Waals surface area contributed by atoms with Gasteiger partial charge < -0.3 is 0 Å². The molecule has 0 N–H and O–H groups in total. The molecule has 0 heterocycles. The molecular weight excluding hydrogens is 192 g/mol. The molecule has 0 saturated carbocycles. The average molecular weight is 212 g/mol. The monoisotopic (exact) mass is 212 g/mol. The van der Waals surface area contributed by atoms with Crippen LogP contribution in [0.15, 0.2) is 42.4 Å². The highest BCUT2D eigenvalue weighted by atomic mass is 14.4. The Bertz CT molecular complexity index is 745. The zero-order valence-corrected chi connectivity index (χ0v) is 9.73. The van der Waals surface area contributed by atoms with Crippen LogP contribution in [0.2, 0.25) is 0 Å². The summed E-state index contributed by atoms with van der Waals surface area (Å²) in [5.74, 6) is 0. The van der Waals surface area contributed by atoms with E-state index >= 15 is 0 Å². The number of hydrogen-bond donors (Lipinski definition) is 0. The molecule has 80 valence electrons. The summed E-state index contributed by atoms with van der Waals surface area (Å²) in [5.41, 5.74) is 3.87. The Balaban J connectivity index is 2.53. The number of benzene rings is 2. The van der Waals surface area contributed by atoms with E-state index in [1.165, 1.54) is 0 Å². The van der Waals surface area contributed by atoms with Crippen LogP contribution in [0, 0.1) is 6.92 Å². The third kappa shape index (κ3) is 1.05. The first-order valence-corrected chi connectivity index (χ1v) is 5.48. The van der Waals surface area contributed by atoms with E-state index in [0.29, 0.717) is 24.2 Å². The number of rotatable bonds is 0. The lowest BCUT2D eigenvalue weighted by Gasteiger charge is -2.21. The molecule has 0 unspecified atom stereocenters. The lowest BCUT2D eigenvalue weighted by molar-refractivity contribution is 0.660. The lowest BCUT2D eigenvalue weighted by atomic mass is 9.82. The molecule has 0 heteroatoms. The van der Waals surface area contributed by atoms with Crippen molar-refractivity contribution in [1.29, 1.82) is 0 Å². The largest absolute Gasteiger partial charge is 0.0626 e. The van der Waals surface area contributed by atoms with Gasteiger partial charge in [-0.2, -0.15) is 0 Å².